The summed E-state index contributed by atoms with van der Waals surface area (Å²) in [6.07, 6.45) is 5.18. The van der Waals surface area contributed by atoms with E-state index in [9.17, 15) is 9.18 Å². The number of carbonyl (C=O) groups is 1. The smallest absolute Gasteiger partial charge is 0.272 e. The number of thioether (sulfide) groups is 1. The number of nitrogens with zero attached hydrogens (tertiary/aromatic N) is 3. The van der Waals surface area contributed by atoms with Gasteiger partial charge in [-0.05, 0) is 60.5 Å². The number of benzene rings is 2. The number of H-pyrrole nitrogens is 1. The molecule has 1 saturated heterocycles. The molecule has 1 atom stereocenters. The molecule has 1 aliphatic rings. The topological polar surface area (TPSA) is 111 Å². The Kier molecular flexibility index (Phi) is 7.54. The number of imidazole rings is 1. The molecular formula is C25H25FN6OS. The fraction of sp³-hybridized carbons (Fsp3) is 0.200. The van der Waals surface area contributed by atoms with Crippen LogP contribution in [0.1, 0.15) is 28.9 Å². The molecule has 3 aromatic rings. The number of amides is 1. The molecule has 1 aliphatic heterocycles. The van der Waals surface area contributed by atoms with Gasteiger partial charge >= 0.3 is 0 Å². The number of nitrogens with one attached hydrogen (secondary N) is 2. The summed E-state index contributed by atoms with van der Waals surface area (Å²) in [7, 11) is 0. The Balaban J connectivity index is 1.51. The summed E-state index contributed by atoms with van der Waals surface area (Å²) >= 11 is 1.07. The monoisotopic (exact) mass is 476 g/mol. The summed E-state index contributed by atoms with van der Waals surface area (Å²) in [5.74, 6) is -0.540. The van der Waals surface area contributed by atoms with E-state index < -0.39 is 0 Å². The van der Waals surface area contributed by atoms with Gasteiger partial charge in [0.15, 0.2) is 5.16 Å². The minimum Gasteiger partial charge on any atom is -0.398 e. The highest BCUT2D eigenvalue weighted by molar-refractivity contribution is 8.11. The fourth-order valence-electron chi connectivity index (χ4n) is 3.91. The molecule has 2 aromatic carbocycles. The highest BCUT2D eigenvalue weighted by Crippen LogP contribution is 2.28. The highest BCUT2D eigenvalue weighted by atomic mass is 32.2. The van der Waals surface area contributed by atoms with Crippen LogP contribution < -0.4 is 5.73 Å². The van der Waals surface area contributed by atoms with Crippen LogP contribution in [0.3, 0.4) is 0 Å². The Labute approximate surface area is 201 Å². The number of aliphatic imine (C=N–C) groups is 1. The summed E-state index contributed by atoms with van der Waals surface area (Å²) < 4.78 is 13.4. The van der Waals surface area contributed by atoms with Crippen molar-refractivity contribution in [2.75, 3.05) is 13.1 Å². The van der Waals surface area contributed by atoms with E-state index in [-0.39, 0.29) is 17.8 Å². The van der Waals surface area contributed by atoms with Gasteiger partial charge in [-0.3, -0.25) is 9.79 Å². The molecule has 0 spiro atoms. The second-order valence-electron chi connectivity index (χ2n) is 7.81. The molecule has 7 nitrogen and oxygen atoms in total. The van der Waals surface area contributed by atoms with Gasteiger partial charge in [-0.15, -0.1) is 0 Å². The molecule has 1 unspecified atom stereocenters. The highest BCUT2D eigenvalue weighted by Gasteiger charge is 2.32. The number of hydrogen-bond acceptors (Lipinski definition) is 6. The number of hydrogen-bond donors (Lipinski definition) is 3. The maximum atomic E-state index is 13.5. The van der Waals surface area contributed by atoms with E-state index in [1.807, 2.05) is 30.3 Å². The zero-order valence-corrected chi connectivity index (χ0v) is 19.3. The Morgan fingerprint density at radius 2 is 2.03 bits per heavy atom. The molecule has 0 saturated carbocycles. The van der Waals surface area contributed by atoms with Gasteiger partial charge in [-0.2, -0.15) is 0 Å². The predicted molar refractivity (Wildman–Crippen MR) is 135 cm³/mol. The van der Waals surface area contributed by atoms with E-state index in [2.05, 4.69) is 15.0 Å². The first-order valence-corrected chi connectivity index (χ1v) is 11.8. The molecule has 1 amide bonds. The van der Waals surface area contributed by atoms with E-state index >= 15 is 0 Å². The van der Waals surface area contributed by atoms with Gasteiger partial charge < -0.3 is 21.0 Å². The Morgan fingerprint density at radius 3 is 2.76 bits per heavy atom. The minimum atomic E-state index is -0.360. The van der Waals surface area contributed by atoms with Gasteiger partial charge in [0.25, 0.3) is 5.91 Å². The molecule has 0 aliphatic carbocycles. The molecule has 1 fully saturated rings. The Bertz CT molecular complexity index is 1210. The number of aromatic nitrogens is 2. The largest absolute Gasteiger partial charge is 0.398 e. The van der Waals surface area contributed by atoms with Gasteiger partial charge in [-0.1, -0.05) is 30.3 Å². The number of likely N-dealkylation sites (tertiary alicyclic amines) is 1. The molecule has 2 heterocycles. The zero-order chi connectivity index (χ0) is 23.9. The lowest BCUT2D eigenvalue weighted by atomic mass is 10.1. The third kappa shape index (κ3) is 5.43. The van der Waals surface area contributed by atoms with E-state index in [0.29, 0.717) is 40.9 Å². The van der Waals surface area contributed by atoms with Crippen molar-refractivity contribution < 1.29 is 9.18 Å². The molecule has 4 N–H and O–H groups in total. The van der Waals surface area contributed by atoms with E-state index in [1.54, 1.807) is 29.3 Å². The Morgan fingerprint density at radius 1 is 1.26 bits per heavy atom. The van der Waals surface area contributed by atoms with Gasteiger partial charge in [0.1, 0.15) is 17.2 Å². The Hall–Kier alpha value is -3.72. The molecule has 174 valence electrons. The van der Waals surface area contributed by atoms with Crippen LogP contribution in [0, 0.1) is 11.2 Å². The van der Waals surface area contributed by atoms with Crippen molar-refractivity contribution in [3.05, 3.63) is 77.7 Å². The van der Waals surface area contributed by atoms with Crippen LogP contribution in [-0.2, 0) is 0 Å². The van der Waals surface area contributed by atoms with Crippen LogP contribution in [0.25, 0.3) is 17.0 Å². The summed E-state index contributed by atoms with van der Waals surface area (Å²) in [6, 6.07) is 15.5. The standard InChI is InChI=1S/C25H25FN6OS/c26-19-10-8-18(9-11-19)22-23(31-25(30-22)34-16-27)24(33)32-14-4-7-20(32)15-29-13-12-21(28)17-5-2-1-3-6-17/h1-3,5-6,8-13,16,20,27H,4,7,14-15,28H2,(H,30,31)/b21-12-,27-16?,29-13?. The second-order valence-corrected chi connectivity index (χ2v) is 8.66. The molecule has 4 rings (SSSR count). The van der Waals surface area contributed by atoms with Crippen LogP contribution in [0.2, 0.25) is 0 Å². The molecule has 0 radical (unpaired) electrons. The van der Waals surface area contributed by atoms with Crippen LogP contribution in [0.5, 0.6) is 0 Å². The number of nitrogens with two attached hydrogens (primary N) is 1. The van der Waals surface area contributed by atoms with Gasteiger partial charge in [-0.25, -0.2) is 9.37 Å². The first kappa shape index (κ1) is 23.4. The van der Waals surface area contributed by atoms with Gasteiger partial charge in [0, 0.05) is 24.0 Å². The molecule has 1 aromatic heterocycles. The van der Waals surface area contributed by atoms with E-state index in [0.717, 1.165) is 35.7 Å². The third-order valence-corrected chi connectivity index (χ3v) is 6.14. The van der Waals surface area contributed by atoms with Crippen molar-refractivity contribution in [3.63, 3.8) is 0 Å². The number of halogens is 1. The maximum absolute atomic E-state index is 13.5. The first-order valence-electron chi connectivity index (χ1n) is 10.9. The molecule has 34 heavy (non-hydrogen) atoms. The van der Waals surface area contributed by atoms with Crippen LogP contribution >= 0.6 is 11.8 Å². The average Bonchev–Trinajstić information content (AvgIpc) is 3.50. The molecule has 0 bridgehead atoms. The zero-order valence-electron chi connectivity index (χ0n) is 18.4. The average molecular weight is 477 g/mol. The van der Waals surface area contributed by atoms with Crippen molar-refractivity contribution in [2.24, 2.45) is 10.7 Å². The number of carbonyl (C=O) groups excluding carboxylic acids is 1. The lowest BCUT2D eigenvalue weighted by Gasteiger charge is -2.23. The summed E-state index contributed by atoms with van der Waals surface area (Å²) in [5.41, 5.74) is 10.2. The van der Waals surface area contributed by atoms with Crippen molar-refractivity contribution in [1.29, 1.82) is 5.41 Å². The molecular weight excluding hydrogens is 451 g/mol. The van der Waals surface area contributed by atoms with Crippen molar-refractivity contribution >= 4 is 35.1 Å². The maximum Gasteiger partial charge on any atom is 0.272 e. The number of aromatic amines is 1. The quantitative estimate of drug-likeness (QED) is 0.251. The molecule has 9 heteroatoms. The van der Waals surface area contributed by atoms with Crippen molar-refractivity contribution in [1.82, 2.24) is 14.9 Å². The minimum absolute atomic E-state index is 0.0432. The lowest BCUT2D eigenvalue weighted by Crippen LogP contribution is -2.37. The predicted octanol–water partition coefficient (Wildman–Crippen LogP) is 4.59. The van der Waals surface area contributed by atoms with Crippen LogP contribution in [0.15, 0.2) is 70.8 Å². The fourth-order valence-corrected chi connectivity index (χ4v) is 4.33. The van der Waals surface area contributed by atoms with Crippen molar-refractivity contribution in [2.45, 2.75) is 24.0 Å². The van der Waals surface area contributed by atoms with Crippen LogP contribution in [-0.4, -0.2) is 51.7 Å². The SMILES string of the molecule is N=CSc1nc(-c2ccc(F)cc2)c(C(=O)N2CCCC2CN=C/C=C(\N)c2ccccc2)[nH]1. The normalized spacial score (nSPS) is 16.3. The summed E-state index contributed by atoms with van der Waals surface area (Å²) in [5, 5.41) is 7.78. The third-order valence-electron chi connectivity index (χ3n) is 5.60. The first-order chi connectivity index (χ1) is 16.6. The summed E-state index contributed by atoms with van der Waals surface area (Å²) in [4.78, 5) is 27.3. The van der Waals surface area contributed by atoms with E-state index in [1.165, 1.54) is 12.1 Å². The number of rotatable bonds is 8. The second kappa shape index (κ2) is 10.9. The van der Waals surface area contributed by atoms with Gasteiger partial charge in [0.05, 0.1) is 18.1 Å². The van der Waals surface area contributed by atoms with Gasteiger partial charge in [0.2, 0.25) is 0 Å². The van der Waals surface area contributed by atoms with Crippen LogP contribution in [0.4, 0.5) is 4.39 Å². The van der Waals surface area contributed by atoms with E-state index in [4.69, 9.17) is 11.1 Å². The summed E-state index contributed by atoms with van der Waals surface area (Å²) in [6.45, 7) is 1.09. The number of allylic oxidation sites excluding steroid dienone is 1. The lowest BCUT2D eigenvalue weighted by molar-refractivity contribution is 0.0736. The van der Waals surface area contributed by atoms with Crippen molar-refractivity contribution in [3.8, 4) is 11.3 Å².